The fourth-order valence-electron chi connectivity index (χ4n) is 3.67. The average molecular weight is 488 g/mol. The molecule has 0 unspecified atom stereocenters. The minimum absolute atomic E-state index is 0.0215. The van der Waals surface area contributed by atoms with Crippen LogP contribution in [0.3, 0.4) is 0 Å². The number of anilines is 2. The zero-order valence-corrected chi connectivity index (χ0v) is 19.3. The maximum Gasteiger partial charge on any atom is 0.261 e. The fourth-order valence-corrected chi connectivity index (χ4v) is 4.86. The molecule has 4 rings (SSSR count). The van der Waals surface area contributed by atoms with Gasteiger partial charge < -0.3 is 9.80 Å². The topological polar surface area (TPSA) is 69.7 Å². The molecule has 0 aliphatic carbocycles. The number of rotatable bonds is 6. The number of amides is 1. The van der Waals surface area contributed by atoms with E-state index in [0.717, 1.165) is 11.3 Å². The van der Waals surface area contributed by atoms with Gasteiger partial charge in [0.05, 0.1) is 11.3 Å². The molecule has 1 fully saturated rings. The molecule has 0 atom stereocenters. The molecule has 3 aromatic carbocycles. The van der Waals surface area contributed by atoms with Crippen LogP contribution in [0, 0.1) is 5.82 Å². The molecule has 1 heterocycles. The van der Waals surface area contributed by atoms with Crippen molar-refractivity contribution in [2.75, 3.05) is 35.8 Å². The van der Waals surface area contributed by atoms with Crippen LogP contribution < -0.4 is 9.62 Å². The highest BCUT2D eigenvalue weighted by atomic mass is 35.5. The SMILES string of the molecule is O=C(Cc1ccc(F)cc1)N1CCN(c2ccc(NS(=O)(=O)c3ccc(Cl)cc3)cc2)CC1. The van der Waals surface area contributed by atoms with E-state index in [1.807, 2.05) is 17.0 Å². The van der Waals surface area contributed by atoms with Gasteiger partial charge in [0, 0.05) is 42.6 Å². The van der Waals surface area contributed by atoms with E-state index in [4.69, 9.17) is 11.6 Å². The molecule has 1 amide bonds. The van der Waals surface area contributed by atoms with Gasteiger partial charge in [-0.05, 0) is 66.2 Å². The lowest BCUT2D eigenvalue weighted by Gasteiger charge is -2.36. The number of carbonyl (C=O) groups excluding carboxylic acids is 1. The predicted molar refractivity (Wildman–Crippen MR) is 128 cm³/mol. The van der Waals surface area contributed by atoms with Gasteiger partial charge >= 0.3 is 0 Å². The summed E-state index contributed by atoms with van der Waals surface area (Å²) in [7, 11) is -3.70. The lowest BCUT2D eigenvalue weighted by Crippen LogP contribution is -2.49. The fraction of sp³-hybridized carbons (Fsp3) is 0.208. The number of halogens is 2. The monoisotopic (exact) mass is 487 g/mol. The van der Waals surface area contributed by atoms with Crippen LogP contribution >= 0.6 is 11.6 Å². The molecule has 3 aromatic rings. The summed E-state index contributed by atoms with van der Waals surface area (Å²) in [5, 5.41) is 0.468. The normalized spacial score (nSPS) is 14.2. The van der Waals surface area contributed by atoms with E-state index in [-0.39, 0.29) is 23.0 Å². The Kier molecular flexibility index (Phi) is 6.85. The summed E-state index contributed by atoms with van der Waals surface area (Å²) >= 11 is 5.83. The first-order valence-electron chi connectivity index (χ1n) is 10.5. The van der Waals surface area contributed by atoms with E-state index >= 15 is 0 Å². The first-order valence-corrected chi connectivity index (χ1v) is 12.3. The third-order valence-corrected chi connectivity index (χ3v) is 7.16. The van der Waals surface area contributed by atoms with Crippen molar-refractivity contribution in [3.8, 4) is 0 Å². The molecule has 1 aliphatic rings. The Labute approximate surface area is 197 Å². The van der Waals surface area contributed by atoms with Gasteiger partial charge in [0.1, 0.15) is 5.82 Å². The minimum Gasteiger partial charge on any atom is -0.368 e. The Morgan fingerprint density at radius 2 is 1.48 bits per heavy atom. The summed E-state index contributed by atoms with van der Waals surface area (Å²) in [4.78, 5) is 16.7. The number of sulfonamides is 1. The molecule has 1 N–H and O–H groups in total. The van der Waals surface area contributed by atoms with Gasteiger partial charge in [-0.15, -0.1) is 0 Å². The Hall–Kier alpha value is -3.10. The number of hydrogen-bond acceptors (Lipinski definition) is 4. The average Bonchev–Trinajstić information content (AvgIpc) is 2.81. The van der Waals surface area contributed by atoms with Crippen LogP contribution in [0.15, 0.2) is 77.7 Å². The van der Waals surface area contributed by atoms with Gasteiger partial charge in [-0.2, -0.15) is 0 Å². The predicted octanol–water partition coefficient (Wildman–Crippen LogP) is 4.17. The molecule has 6 nitrogen and oxygen atoms in total. The number of nitrogens with one attached hydrogen (secondary N) is 1. The molecule has 0 radical (unpaired) electrons. The van der Waals surface area contributed by atoms with Gasteiger partial charge in [0.2, 0.25) is 5.91 Å². The summed E-state index contributed by atoms with van der Waals surface area (Å²) < 4.78 is 40.7. The van der Waals surface area contributed by atoms with Crippen molar-refractivity contribution >= 4 is 38.9 Å². The number of carbonyl (C=O) groups is 1. The van der Waals surface area contributed by atoms with Crippen LogP contribution in [-0.4, -0.2) is 45.4 Å². The first-order chi connectivity index (χ1) is 15.8. The molecule has 0 bridgehead atoms. The Morgan fingerprint density at radius 3 is 2.09 bits per heavy atom. The third-order valence-electron chi connectivity index (χ3n) is 5.51. The van der Waals surface area contributed by atoms with Gasteiger partial charge in [0.25, 0.3) is 10.0 Å². The van der Waals surface area contributed by atoms with Gasteiger partial charge in [-0.3, -0.25) is 9.52 Å². The van der Waals surface area contributed by atoms with Gasteiger partial charge in [-0.25, -0.2) is 12.8 Å². The number of nitrogens with zero attached hydrogens (tertiary/aromatic N) is 2. The molecule has 1 aliphatic heterocycles. The molecule has 9 heteroatoms. The van der Waals surface area contributed by atoms with Gasteiger partial charge in [-0.1, -0.05) is 23.7 Å². The van der Waals surface area contributed by atoms with E-state index in [9.17, 15) is 17.6 Å². The second kappa shape index (κ2) is 9.80. The van der Waals surface area contributed by atoms with Crippen molar-refractivity contribution in [2.24, 2.45) is 0 Å². The lowest BCUT2D eigenvalue weighted by atomic mass is 10.1. The van der Waals surface area contributed by atoms with Crippen LogP contribution in [0.5, 0.6) is 0 Å². The van der Waals surface area contributed by atoms with Crippen molar-refractivity contribution in [1.29, 1.82) is 0 Å². The summed E-state index contributed by atoms with van der Waals surface area (Å²) in [6, 6.07) is 19.1. The van der Waals surface area contributed by atoms with E-state index in [1.165, 1.54) is 36.4 Å². The van der Waals surface area contributed by atoms with Crippen molar-refractivity contribution in [3.05, 3.63) is 89.2 Å². The molecule has 0 saturated carbocycles. The summed E-state index contributed by atoms with van der Waals surface area (Å²) in [5.41, 5.74) is 2.21. The maximum absolute atomic E-state index is 13.0. The van der Waals surface area contributed by atoms with Crippen molar-refractivity contribution in [1.82, 2.24) is 4.90 Å². The molecule has 33 heavy (non-hydrogen) atoms. The zero-order valence-electron chi connectivity index (χ0n) is 17.7. The largest absolute Gasteiger partial charge is 0.368 e. The van der Waals surface area contributed by atoms with E-state index in [2.05, 4.69) is 9.62 Å². The maximum atomic E-state index is 13.0. The van der Waals surface area contributed by atoms with E-state index in [1.54, 1.807) is 24.3 Å². The van der Waals surface area contributed by atoms with Crippen molar-refractivity contribution < 1.29 is 17.6 Å². The highest BCUT2D eigenvalue weighted by molar-refractivity contribution is 7.92. The van der Waals surface area contributed by atoms with Crippen LogP contribution in [0.4, 0.5) is 15.8 Å². The standard InChI is InChI=1S/C24H23ClFN3O3S/c25-19-3-11-23(12-4-19)33(31,32)27-21-7-9-22(10-8-21)28-13-15-29(16-14-28)24(30)17-18-1-5-20(26)6-2-18/h1-12,27H,13-17H2. The van der Waals surface area contributed by atoms with Crippen LogP contribution in [0.2, 0.25) is 5.02 Å². The van der Waals surface area contributed by atoms with Crippen LogP contribution in [0.1, 0.15) is 5.56 Å². The second-order valence-corrected chi connectivity index (χ2v) is 9.90. The quantitative estimate of drug-likeness (QED) is 0.566. The molecular formula is C24H23ClFN3O3S. The number of benzene rings is 3. The van der Waals surface area contributed by atoms with Gasteiger partial charge in [0.15, 0.2) is 0 Å². The molecule has 1 saturated heterocycles. The third kappa shape index (κ3) is 5.83. The van der Waals surface area contributed by atoms with Crippen LogP contribution in [0.25, 0.3) is 0 Å². The summed E-state index contributed by atoms with van der Waals surface area (Å²) in [6.45, 7) is 2.52. The second-order valence-electron chi connectivity index (χ2n) is 7.78. The molecular weight excluding hydrogens is 465 g/mol. The molecule has 0 aromatic heterocycles. The Balaban J connectivity index is 1.32. The minimum atomic E-state index is -3.70. The van der Waals surface area contributed by atoms with Crippen molar-refractivity contribution in [2.45, 2.75) is 11.3 Å². The summed E-state index contributed by atoms with van der Waals surface area (Å²) in [5.74, 6) is -0.295. The number of piperazine rings is 1. The highest BCUT2D eigenvalue weighted by Gasteiger charge is 2.22. The Bertz CT molecular complexity index is 1210. The first kappa shape index (κ1) is 23.1. The lowest BCUT2D eigenvalue weighted by molar-refractivity contribution is -0.130. The van der Waals surface area contributed by atoms with E-state index < -0.39 is 10.0 Å². The summed E-state index contributed by atoms with van der Waals surface area (Å²) in [6.07, 6.45) is 0.253. The molecule has 0 spiro atoms. The molecule has 172 valence electrons. The zero-order chi connectivity index (χ0) is 23.4. The van der Waals surface area contributed by atoms with Crippen LogP contribution in [-0.2, 0) is 21.2 Å². The van der Waals surface area contributed by atoms with E-state index in [0.29, 0.717) is 36.9 Å². The smallest absolute Gasteiger partial charge is 0.261 e. The Morgan fingerprint density at radius 1 is 0.879 bits per heavy atom. The highest BCUT2D eigenvalue weighted by Crippen LogP contribution is 2.23. The van der Waals surface area contributed by atoms with Crippen molar-refractivity contribution in [3.63, 3.8) is 0 Å². The number of hydrogen-bond donors (Lipinski definition) is 1.